The average Bonchev–Trinajstić information content (AvgIpc) is 2.75. The van der Waals surface area contributed by atoms with Crippen molar-refractivity contribution in [1.29, 1.82) is 0 Å². The molecule has 32 heavy (non-hydrogen) atoms. The number of carbonyl (C=O) groups is 3. The maximum absolute atomic E-state index is 12.7. The van der Waals surface area contributed by atoms with Crippen LogP contribution in [0.5, 0.6) is 11.5 Å². The molecular weight excluding hydrogens is 412 g/mol. The second kappa shape index (κ2) is 8.65. The van der Waals surface area contributed by atoms with E-state index in [0.29, 0.717) is 22.6 Å². The molecule has 0 aliphatic heterocycles. The van der Waals surface area contributed by atoms with E-state index in [4.69, 9.17) is 18.9 Å². The van der Waals surface area contributed by atoms with Gasteiger partial charge in [-0.15, -0.1) is 0 Å². The summed E-state index contributed by atoms with van der Waals surface area (Å²) in [5.74, 6) is -0.369. The van der Waals surface area contributed by atoms with Crippen LogP contribution < -0.4 is 9.47 Å². The van der Waals surface area contributed by atoms with Gasteiger partial charge in [0.15, 0.2) is 0 Å². The topological polar surface area (TPSA) is 88.1 Å². The van der Waals surface area contributed by atoms with Gasteiger partial charge in [-0.25, -0.2) is 9.59 Å². The number of hydrogen-bond acceptors (Lipinski definition) is 7. The molecule has 1 fully saturated rings. The molecule has 0 atom stereocenters. The second-order valence-electron chi connectivity index (χ2n) is 9.06. The number of rotatable bonds is 6. The highest BCUT2D eigenvalue weighted by molar-refractivity contribution is 5.90. The minimum Gasteiger partial charge on any atom is -0.497 e. The van der Waals surface area contributed by atoms with Crippen LogP contribution in [0.2, 0.25) is 0 Å². The van der Waals surface area contributed by atoms with Gasteiger partial charge in [0.2, 0.25) is 0 Å². The molecule has 0 amide bonds. The molecule has 0 heterocycles. The number of esters is 3. The Morgan fingerprint density at radius 3 is 1.41 bits per heavy atom. The summed E-state index contributed by atoms with van der Waals surface area (Å²) >= 11 is 0. The third-order valence-electron chi connectivity index (χ3n) is 5.83. The highest BCUT2D eigenvalue weighted by atomic mass is 16.6. The molecule has 0 unspecified atom stereocenters. The van der Waals surface area contributed by atoms with Crippen molar-refractivity contribution in [3.8, 4) is 11.5 Å². The van der Waals surface area contributed by atoms with Crippen molar-refractivity contribution in [2.24, 2.45) is 10.8 Å². The third-order valence-corrected chi connectivity index (χ3v) is 5.83. The van der Waals surface area contributed by atoms with Crippen LogP contribution in [0.3, 0.4) is 0 Å². The number of carbonyl (C=O) groups excluding carboxylic acids is 3. The molecule has 0 bridgehead atoms. The Bertz CT molecular complexity index is 988. The van der Waals surface area contributed by atoms with Crippen molar-refractivity contribution in [3.05, 3.63) is 59.7 Å². The summed E-state index contributed by atoms with van der Waals surface area (Å²) in [6.45, 7) is 8.94. The molecule has 170 valence electrons. The van der Waals surface area contributed by atoms with Crippen molar-refractivity contribution >= 4 is 17.9 Å². The molecule has 1 aliphatic carbocycles. The largest absolute Gasteiger partial charge is 0.497 e. The van der Waals surface area contributed by atoms with E-state index in [1.165, 1.54) is 19.1 Å². The molecule has 3 rings (SSSR count). The van der Waals surface area contributed by atoms with Gasteiger partial charge in [0.25, 0.3) is 0 Å². The van der Waals surface area contributed by atoms with Crippen LogP contribution in [-0.4, -0.2) is 37.2 Å². The summed E-state index contributed by atoms with van der Waals surface area (Å²) in [7, 11) is 1.56. The van der Waals surface area contributed by atoms with Crippen molar-refractivity contribution in [1.82, 2.24) is 0 Å². The van der Waals surface area contributed by atoms with Crippen molar-refractivity contribution in [3.63, 3.8) is 0 Å². The minimum absolute atomic E-state index is 0.339. The first kappa shape index (κ1) is 23.3. The van der Waals surface area contributed by atoms with Gasteiger partial charge in [0, 0.05) is 17.8 Å². The van der Waals surface area contributed by atoms with Gasteiger partial charge in [-0.2, -0.15) is 0 Å². The standard InChI is InChI=1S/C25H28O7/c1-15(26)30-19-13-9-17(10-14-19)21(28)32-23-24(2,3)22(25(23,4)5)31-20(27)16-7-11-18(29-6)12-8-16/h7-14,22-23H,1-6H3. The summed E-state index contributed by atoms with van der Waals surface area (Å²) in [5.41, 5.74) is -0.408. The Labute approximate surface area is 187 Å². The fraction of sp³-hybridized carbons (Fsp3) is 0.400. The first-order chi connectivity index (χ1) is 15.0. The van der Waals surface area contributed by atoms with Crippen LogP contribution in [0.25, 0.3) is 0 Å². The van der Waals surface area contributed by atoms with Crippen LogP contribution >= 0.6 is 0 Å². The predicted molar refractivity (Wildman–Crippen MR) is 117 cm³/mol. The molecule has 7 heteroatoms. The van der Waals surface area contributed by atoms with Gasteiger partial charge in [-0.1, -0.05) is 27.7 Å². The molecule has 2 aromatic carbocycles. The average molecular weight is 440 g/mol. The molecular formula is C25H28O7. The smallest absolute Gasteiger partial charge is 0.338 e. The molecule has 7 nitrogen and oxygen atoms in total. The lowest BCUT2D eigenvalue weighted by Gasteiger charge is -2.61. The Morgan fingerprint density at radius 2 is 1.06 bits per heavy atom. The van der Waals surface area contributed by atoms with Gasteiger partial charge in [-0.05, 0) is 48.5 Å². The molecule has 0 aromatic heterocycles. The third kappa shape index (κ3) is 4.47. The molecule has 1 saturated carbocycles. The highest BCUT2D eigenvalue weighted by Crippen LogP contribution is 2.57. The number of ether oxygens (including phenoxy) is 4. The molecule has 1 aliphatic rings. The maximum atomic E-state index is 12.7. The van der Waals surface area contributed by atoms with Crippen molar-refractivity contribution < 1.29 is 33.3 Å². The molecule has 0 saturated heterocycles. The Hall–Kier alpha value is -3.35. The van der Waals surface area contributed by atoms with Gasteiger partial charge < -0.3 is 18.9 Å². The van der Waals surface area contributed by atoms with E-state index in [2.05, 4.69) is 0 Å². The van der Waals surface area contributed by atoms with Crippen molar-refractivity contribution in [2.75, 3.05) is 7.11 Å². The van der Waals surface area contributed by atoms with E-state index in [0.717, 1.165) is 0 Å². The van der Waals surface area contributed by atoms with E-state index >= 15 is 0 Å². The van der Waals surface area contributed by atoms with Crippen LogP contribution in [-0.2, 0) is 14.3 Å². The SMILES string of the molecule is COc1ccc(C(=O)OC2C(C)(C)C(OC(=O)c3ccc(OC(C)=O)cc3)C2(C)C)cc1. The van der Waals surface area contributed by atoms with E-state index in [1.54, 1.807) is 43.5 Å². The number of methoxy groups -OCH3 is 1. The Balaban J connectivity index is 1.68. The zero-order chi connectivity index (χ0) is 23.7. The van der Waals surface area contributed by atoms with Crippen LogP contribution in [0.4, 0.5) is 0 Å². The first-order valence-corrected chi connectivity index (χ1v) is 10.3. The summed E-state index contributed by atoms with van der Waals surface area (Å²) in [4.78, 5) is 36.4. The van der Waals surface area contributed by atoms with E-state index in [-0.39, 0.29) is 0 Å². The molecule has 0 radical (unpaired) electrons. The van der Waals surface area contributed by atoms with E-state index in [1.807, 2.05) is 27.7 Å². The lowest BCUT2D eigenvalue weighted by atomic mass is 9.51. The van der Waals surface area contributed by atoms with Gasteiger partial charge in [0.1, 0.15) is 23.7 Å². The van der Waals surface area contributed by atoms with Gasteiger partial charge in [-0.3, -0.25) is 4.79 Å². The summed E-state index contributed by atoms with van der Waals surface area (Å²) < 4.78 is 21.7. The summed E-state index contributed by atoms with van der Waals surface area (Å²) in [6.07, 6.45) is -0.918. The fourth-order valence-corrected chi connectivity index (χ4v) is 4.61. The minimum atomic E-state index is -0.584. The fourth-order valence-electron chi connectivity index (χ4n) is 4.61. The number of hydrogen-bond donors (Lipinski definition) is 0. The molecule has 0 N–H and O–H groups in total. The first-order valence-electron chi connectivity index (χ1n) is 10.3. The summed E-state index contributed by atoms with van der Waals surface area (Å²) in [6, 6.07) is 12.9. The maximum Gasteiger partial charge on any atom is 0.338 e. The van der Waals surface area contributed by atoms with Crippen LogP contribution in [0.1, 0.15) is 55.3 Å². The zero-order valence-electron chi connectivity index (χ0n) is 19.1. The van der Waals surface area contributed by atoms with Crippen LogP contribution in [0.15, 0.2) is 48.5 Å². The molecule has 2 aromatic rings. The van der Waals surface area contributed by atoms with E-state index < -0.39 is 40.9 Å². The zero-order valence-corrected chi connectivity index (χ0v) is 19.1. The Kier molecular flexibility index (Phi) is 6.30. The van der Waals surface area contributed by atoms with E-state index in [9.17, 15) is 14.4 Å². The lowest BCUT2D eigenvalue weighted by Crippen LogP contribution is -2.69. The van der Waals surface area contributed by atoms with Gasteiger partial charge in [0.05, 0.1) is 18.2 Å². The van der Waals surface area contributed by atoms with Crippen LogP contribution in [0, 0.1) is 10.8 Å². The highest BCUT2D eigenvalue weighted by Gasteiger charge is 2.66. The quantitative estimate of drug-likeness (QED) is 0.485. The van der Waals surface area contributed by atoms with Crippen molar-refractivity contribution in [2.45, 2.75) is 46.8 Å². The summed E-state index contributed by atoms with van der Waals surface area (Å²) in [5, 5.41) is 0. The number of benzene rings is 2. The van der Waals surface area contributed by atoms with Gasteiger partial charge >= 0.3 is 17.9 Å². The monoisotopic (exact) mass is 440 g/mol. The molecule has 0 spiro atoms. The lowest BCUT2D eigenvalue weighted by molar-refractivity contribution is -0.246. The second-order valence-corrected chi connectivity index (χ2v) is 9.06. The normalized spacial score (nSPS) is 20.4. The predicted octanol–water partition coefficient (Wildman–Crippen LogP) is 4.44. The Morgan fingerprint density at radius 1 is 0.688 bits per heavy atom.